The number of aliphatic hydroxyl groups is 1. The van der Waals surface area contributed by atoms with Crippen molar-refractivity contribution in [3.8, 4) is 0 Å². The first-order valence-corrected chi connectivity index (χ1v) is 7.61. The molecule has 2 aromatic rings. The number of hydrogen-bond acceptors (Lipinski definition) is 2. The van der Waals surface area contributed by atoms with Gasteiger partial charge >= 0.3 is 0 Å². The van der Waals surface area contributed by atoms with Crippen LogP contribution in [0.25, 0.3) is 0 Å². The highest BCUT2D eigenvalue weighted by molar-refractivity contribution is 5.39. The minimum atomic E-state index is -0.271. The first-order valence-electron chi connectivity index (χ1n) is 7.61. The van der Waals surface area contributed by atoms with Gasteiger partial charge in [0, 0.05) is 0 Å². The summed E-state index contributed by atoms with van der Waals surface area (Å²) in [5.74, 6) is 0. The van der Waals surface area contributed by atoms with Gasteiger partial charge in [0.05, 0.1) is 12.1 Å². The number of rotatable bonds is 6. The molecule has 2 N–H and O–H groups in total. The van der Waals surface area contributed by atoms with E-state index in [0.717, 1.165) is 13.0 Å². The van der Waals surface area contributed by atoms with Gasteiger partial charge in [0.15, 0.2) is 0 Å². The van der Waals surface area contributed by atoms with Crippen molar-refractivity contribution >= 4 is 0 Å². The molecule has 0 aromatic heterocycles. The highest BCUT2D eigenvalue weighted by atomic mass is 16.3. The third kappa shape index (κ3) is 4.42. The van der Waals surface area contributed by atoms with Crippen molar-refractivity contribution in [3.63, 3.8) is 0 Å². The molecule has 2 nitrogen and oxygen atoms in total. The zero-order chi connectivity index (χ0) is 15.2. The predicted octanol–water partition coefficient (Wildman–Crippen LogP) is 3.75. The van der Waals surface area contributed by atoms with Gasteiger partial charge in [-0.05, 0) is 50.4 Å². The Morgan fingerprint density at radius 3 is 2.43 bits per heavy atom. The quantitative estimate of drug-likeness (QED) is 0.846. The Hall–Kier alpha value is -1.64. The molecule has 0 saturated carbocycles. The fourth-order valence-corrected chi connectivity index (χ4v) is 2.56. The third-order valence-corrected chi connectivity index (χ3v) is 3.79. The largest absolute Gasteiger partial charge is 0.393 e. The SMILES string of the molecule is Cc1ccc(C)c(C(NCCC(C)O)c2ccccc2)c1. The summed E-state index contributed by atoms with van der Waals surface area (Å²) in [5, 5.41) is 13.1. The van der Waals surface area contributed by atoms with Crippen molar-refractivity contribution < 1.29 is 5.11 Å². The molecule has 0 aliphatic carbocycles. The molecule has 0 radical (unpaired) electrons. The maximum absolute atomic E-state index is 9.47. The second kappa shape index (κ2) is 7.39. The topological polar surface area (TPSA) is 32.3 Å². The van der Waals surface area contributed by atoms with E-state index < -0.39 is 0 Å². The number of hydrogen-bond donors (Lipinski definition) is 2. The molecule has 2 heteroatoms. The molecule has 0 spiro atoms. The van der Waals surface area contributed by atoms with Gasteiger partial charge in [-0.25, -0.2) is 0 Å². The van der Waals surface area contributed by atoms with Crippen LogP contribution in [0.3, 0.4) is 0 Å². The standard InChI is InChI=1S/C19H25NO/c1-14-9-10-15(2)18(13-14)19(20-12-11-16(3)21)17-7-5-4-6-8-17/h4-10,13,16,19-21H,11-12H2,1-3H3. The molecule has 2 aromatic carbocycles. The molecule has 0 amide bonds. The van der Waals surface area contributed by atoms with Crippen molar-refractivity contribution in [2.75, 3.05) is 6.54 Å². The summed E-state index contributed by atoms with van der Waals surface area (Å²) >= 11 is 0. The van der Waals surface area contributed by atoms with Crippen LogP contribution in [0.4, 0.5) is 0 Å². The van der Waals surface area contributed by atoms with Gasteiger partial charge in [-0.2, -0.15) is 0 Å². The Bertz CT molecular complexity index is 563. The molecule has 0 heterocycles. The summed E-state index contributed by atoms with van der Waals surface area (Å²) in [7, 11) is 0. The van der Waals surface area contributed by atoms with Gasteiger partial charge in [0.1, 0.15) is 0 Å². The molecule has 21 heavy (non-hydrogen) atoms. The highest BCUT2D eigenvalue weighted by Gasteiger charge is 2.15. The lowest BCUT2D eigenvalue weighted by atomic mass is 9.93. The van der Waals surface area contributed by atoms with Crippen LogP contribution in [0.15, 0.2) is 48.5 Å². The third-order valence-electron chi connectivity index (χ3n) is 3.79. The van der Waals surface area contributed by atoms with Crippen molar-refractivity contribution in [2.45, 2.75) is 39.3 Å². The molecule has 0 aliphatic heterocycles. The lowest BCUT2D eigenvalue weighted by molar-refractivity contribution is 0.183. The minimum absolute atomic E-state index is 0.171. The maximum atomic E-state index is 9.47. The summed E-state index contributed by atoms with van der Waals surface area (Å²) in [5.41, 5.74) is 5.14. The zero-order valence-corrected chi connectivity index (χ0v) is 13.1. The Kier molecular flexibility index (Phi) is 5.54. The van der Waals surface area contributed by atoms with E-state index in [4.69, 9.17) is 0 Å². The maximum Gasteiger partial charge on any atom is 0.0579 e. The van der Waals surface area contributed by atoms with E-state index in [2.05, 4.69) is 61.6 Å². The molecule has 2 unspecified atom stereocenters. The van der Waals surface area contributed by atoms with Crippen LogP contribution >= 0.6 is 0 Å². The molecule has 112 valence electrons. The van der Waals surface area contributed by atoms with Gasteiger partial charge in [0.25, 0.3) is 0 Å². The van der Waals surface area contributed by atoms with Gasteiger partial charge in [-0.15, -0.1) is 0 Å². The predicted molar refractivity (Wildman–Crippen MR) is 88.5 cm³/mol. The van der Waals surface area contributed by atoms with Crippen molar-refractivity contribution in [2.24, 2.45) is 0 Å². The second-order valence-electron chi connectivity index (χ2n) is 5.80. The van der Waals surface area contributed by atoms with E-state index in [0.29, 0.717) is 0 Å². The van der Waals surface area contributed by atoms with E-state index in [1.807, 2.05) is 13.0 Å². The van der Waals surface area contributed by atoms with E-state index in [-0.39, 0.29) is 12.1 Å². The summed E-state index contributed by atoms with van der Waals surface area (Å²) in [6.45, 7) is 6.91. The van der Waals surface area contributed by atoms with E-state index in [1.165, 1.54) is 22.3 Å². The van der Waals surface area contributed by atoms with Crippen LogP contribution in [-0.2, 0) is 0 Å². The highest BCUT2D eigenvalue weighted by Crippen LogP contribution is 2.25. The van der Waals surface area contributed by atoms with Crippen LogP contribution in [0.5, 0.6) is 0 Å². The lowest BCUT2D eigenvalue weighted by Crippen LogP contribution is -2.26. The molecule has 0 saturated heterocycles. The fraction of sp³-hybridized carbons (Fsp3) is 0.368. The summed E-state index contributed by atoms with van der Waals surface area (Å²) < 4.78 is 0. The number of aliphatic hydroxyl groups excluding tert-OH is 1. The average Bonchev–Trinajstić information content (AvgIpc) is 2.47. The molecule has 0 aliphatic rings. The zero-order valence-electron chi connectivity index (χ0n) is 13.1. The summed E-state index contributed by atoms with van der Waals surface area (Å²) in [6.07, 6.45) is 0.487. The first kappa shape index (κ1) is 15.7. The minimum Gasteiger partial charge on any atom is -0.393 e. The van der Waals surface area contributed by atoms with E-state index in [9.17, 15) is 5.11 Å². The Labute approximate surface area is 127 Å². The number of benzene rings is 2. The van der Waals surface area contributed by atoms with Crippen molar-refractivity contribution in [3.05, 3.63) is 70.8 Å². The fourth-order valence-electron chi connectivity index (χ4n) is 2.56. The van der Waals surface area contributed by atoms with Crippen molar-refractivity contribution in [1.29, 1.82) is 0 Å². The van der Waals surface area contributed by atoms with E-state index in [1.54, 1.807) is 0 Å². The van der Waals surface area contributed by atoms with Crippen molar-refractivity contribution in [1.82, 2.24) is 5.32 Å². The summed E-state index contributed by atoms with van der Waals surface area (Å²) in [6, 6.07) is 17.2. The molecule has 2 rings (SSSR count). The lowest BCUT2D eigenvalue weighted by Gasteiger charge is -2.22. The smallest absolute Gasteiger partial charge is 0.0579 e. The van der Waals surface area contributed by atoms with Crippen LogP contribution in [0, 0.1) is 13.8 Å². The van der Waals surface area contributed by atoms with Gasteiger partial charge in [-0.3, -0.25) is 0 Å². The molecule has 2 atom stereocenters. The molecule has 0 fully saturated rings. The van der Waals surface area contributed by atoms with E-state index >= 15 is 0 Å². The summed E-state index contributed by atoms with van der Waals surface area (Å²) in [4.78, 5) is 0. The van der Waals surface area contributed by atoms with Gasteiger partial charge in [0.2, 0.25) is 0 Å². The number of aryl methyl sites for hydroxylation is 2. The average molecular weight is 283 g/mol. The normalized spacial score (nSPS) is 13.9. The van der Waals surface area contributed by atoms with Crippen LogP contribution in [0.2, 0.25) is 0 Å². The second-order valence-corrected chi connectivity index (χ2v) is 5.80. The Morgan fingerprint density at radius 2 is 1.76 bits per heavy atom. The molecular weight excluding hydrogens is 258 g/mol. The Morgan fingerprint density at radius 1 is 1.05 bits per heavy atom. The number of nitrogens with one attached hydrogen (secondary N) is 1. The van der Waals surface area contributed by atoms with Gasteiger partial charge < -0.3 is 10.4 Å². The Balaban J connectivity index is 2.29. The van der Waals surface area contributed by atoms with Crippen LogP contribution in [0.1, 0.15) is 41.6 Å². The van der Waals surface area contributed by atoms with Crippen LogP contribution < -0.4 is 5.32 Å². The molecule has 0 bridgehead atoms. The van der Waals surface area contributed by atoms with Gasteiger partial charge in [-0.1, -0.05) is 54.1 Å². The van der Waals surface area contributed by atoms with Crippen LogP contribution in [-0.4, -0.2) is 17.8 Å². The molecular formula is C19H25NO. The monoisotopic (exact) mass is 283 g/mol. The first-order chi connectivity index (χ1) is 10.1.